The highest BCUT2D eigenvalue weighted by molar-refractivity contribution is 5.58. The zero-order valence-corrected chi connectivity index (χ0v) is 45.5. The number of hydrogen-bond donors (Lipinski definition) is 0. The molecule has 17 heteroatoms. The minimum Gasteiger partial charge on any atom is -0.454 e. The quantitative estimate of drug-likeness (QED) is 0.0746. The van der Waals surface area contributed by atoms with E-state index in [1.54, 1.807) is 42.5 Å². The van der Waals surface area contributed by atoms with Gasteiger partial charge in [0.05, 0.1) is 30.7 Å². The summed E-state index contributed by atoms with van der Waals surface area (Å²) in [5.41, 5.74) is 11.8. The molecule has 1 heterocycles. The maximum absolute atomic E-state index is 11.7. The van der Waals surface area contributed by atoms with Gasteiger partial charge in [0, 0.05) is 58.0 Å². The Hall–Kier alpha value is -7.30. The Balaban J connectivity index is 0.000000265. The van der Waals surface area contributed by atoms with E-state index in [1.807, 2.05) is 102 Å². The number of fused-ring (bicyclic) bond motifs is 1. The highest BCUT2D eigenvalue weighted by Gasteiger charge is 2.33. The van der Waals surface area contributed by atoms with Gasteiger partial charge in [0.15, 0.2) is 11.5 Å². The van der Waals surface area contributed by atoms with E-state index in [1.165, 1.54) is 6.07 Å². The van der Waals surface area contributed by atoms with Crippen LogP contribution >= 0.6 is 0 Å². The molecule has 5 aromatic carbocycles. The van der Waals surface area contributed by atoms with Crippen molar-refractivity contribution in [3.63, 3.8) is 0 Å². The third-order valence-corrected chi connectivity index (χ3v) is 13.3. The number of ether oxygens (including phenoxy) is 2. The minimum atomic E-state index is -0.436. The minimum absolute atomic E-state index is 0.0133. The topological polar surface area (TPSA) is 234 Å². The molecule has 0 aromatic heterocycles. The molecule has 17 nitrogen and oxygen atoms in total. The van der Waals surface area contributed by atoms with Crippen LogP contribution in [0.1, 0.15) is 146 Å². The van der Waals surface area contributed by atoms with E-state index in [0.717, 1.165) is 62.1 Å². The summed E-state index contributed by atoms with van der Waals surface area (Å²) < 4.78 is 10.3. The van der Waals surface area contributed by atoms with Crippen molar-refractivity contribution in [3.8, 4) is 11.5 Å². The average Bonchev–Trinajstić information content (AvgIpc) is 3.74. The zero-order chi connectivity index (χ0) is 55.5. The third kappa shape index (κ3) is 15.8. The van der Waals surface area contributed by atoms with Crippen LogP contribution in [0.5, 0.6) is 11.5 Å². The molecular weight excluding hydrogens is 935 g/mol. The van der Waals surface area contributed by atoms with Crippen molar-refractivity contribution in [1.29, 1.82) is 0 Å². The first kappa shape index (κ1) is 60.0. The van der Waals surface area contributed by atoms with Crippen LogP contribution in [0.3, 0.4) is 0 Å². The van der Waals surface area contributed by atoms with Crippen molar-refractivity contribution in [3.05, 3.63) is 184 Å². The fourth-order valence-corrected chi connectivity index (χ4v) is 8.43. The van der Waals surface area contributed by atoms with Gasteiger partial charge in [0.2, 0.25) is 6.79 Å². The van der Waals surface area contributed by atoms with Gasteiger partial charge in [-0.2, -0.15) is 0 Å². The summed E-state index contributed by atoms with van der Waals surface area (Å²) in [6, 6.07) is 17.1. The van der Waals surface area contributed by atoms with E-state index in [9.17, 15) is 50.6 Å². The lowest BCUT2D eigenvalue weighted by molar-refractivity contribution is -0.387. The standard InChI is InChI=1S/C20H24N2O4.C13H19NO2.C12H17NO2.C11H13NO4/c1-11(2)20(16-7-12(3)14(5)9-18(16)21(23)24)17-8-13(4)15(6)10-19(17)22(25)26;1-8(2)11(5)12-6-9(3)10(4)7-13(12)14(15)16;1-8(2)5-11-6-9(3)10(4)7-12(11)13(14)15;1-7(2)3-8-4-10-11(16-6-15-10)5-9(8)12(13)14/h7-11,20H,1-6H3;6-8,11H,1-5H3;6-8H,5H2,1-4H3;4-5,7H,3,6H2,1-2H3. The molecule has 1 aliphatic heterocycles. The van der Waals surface area contributed by atoms with E-state index >= 15 is 0 Å². The van der Waals surface area contributed by atoms with Gasteiger partial charge in [0.25, 0.3) is 28.4 Å². The largest absolute Gasteiger partial charge is 0.454 e. The van der Waals surface area contributed by atoms with Crippen molar-refractivity contribution in [2.24, 2.45) is 23.7 Å². The van der Waals surface area contributed by atoms with Gasteiger partial charge in [-0.05, 0) is 173 Å². The number of benzene rings is 5. The Morgan fingerprint density at radius 1 is 0.384 bits per heavy atom. The van der Waals surface area contributed by atoms with Crippen LogP contribution in [0.2, 0.25) is 0 Å². The number of nitro groups is 5. The van der Waals surface area contributed by atoms with Crippen LogP contribution in [0.25, 0.3) is 0 Å². The molecule has 0 aliphatic carbocycles. The van der Waals surface area contributed by atoms with Crippen molar-refractivity contribution < 1.29 is 34.1 Å². The molecule has 5 aromatic rings. The van der Waals surface area contributed by atoms with Crippen molar-refractivity contribution in [2.45, 2.75) is 142 Å². The Kier molecular flexibility index (Phi) is 21.3. The molecular formula is C56H73N5O12. The summed E-state index contributed by atoms with van der Waals surface area (Å²) in [6.45, 7) is 33.7. The van der Waals surface area contributed by atoms with E-state index in [-0.39, 0.29) is 61.8 Å². The molecule has 0 bridgehead atoms. The summed E-state index contributed by atoms with van der Waals surface area (Å²) >= 11 is 0. The Morgan fingerprint density at radius 3 is 1.01 bits per heavy atom. The number of hydrogen-bond acceptors (Lipinski definition) is 12. The molecule has 394 valence electrons. The SMILES string of the molecule is CC(C)Cc1cc2c(cc1[N+](=O)[O-])OCO2.Cc1cc(C(C)C(C)C)c([N+](=O)[O-])cc1C.Cc1cc(C(c2cc(C)c(C)cc2[N+](=O)[O-])C(C)C)c([N+](=O)[O-])cc1C.Cc1cc(CC(C)C)c([N+](=O)[O-])cc1C. The molecule has 0 saturated heterocycles. The average molecular weight is 1010 g/mol. The molecule has 0 N–H and O–H groups in total. The Labute approximate surface area is 429 Å². The maximum Gasteiger partial charge on any atom is 0.276 e. The molecule has 0 spiro atoms. The second kappa shape index (κ2) is 25.9. The lowest BCUT2D eigenvalue weighted by atomic mass is 9.79. The van der Waals surface area contributed by atoms with E-state index < -0.39 is 15.8 Å². The van der Waals surface area contributed by atoms with Crippen molar-refractivity contribution in [1.82, 2.24) is 0 Å². The molecule has 0 saturated carbocycles. The predicted octanol–water partition coefficient (Wildman–Crippen LogP) is 15.4. The normalized spacial score (nSPS) is 11.9. The highest BCUT2D eigenvalue weighted by Crippen LogP contribution is 2.43. The summed E-state index contributed by atoms with van der Waals surface area (Å²) in [5, 5.41) is 56.1. The van der Waals surface area contributed by atoms with Gasteiger partial charge in [-0.3, -0.25) is 50.6 Å². The number of aryl methyl sites for hydroxylation is 8. The highest BCUT2D eigenvalue weighted by atomic mass is 16.7. The first-order chi connectivity index (χ1) is 33.9. The maximum atomic E-state index is 11.7. The summed E-state index contributed by atoms with van der Waals surface area (Å²) in [5.74, 6) is 1.98. The summed E-state index contributed by atoms with van der Waals surface area (Å²) in [4.78, 5) is 54.4. The molecule has 0 radical (unpaired) electrons. The lowest BCUT2D eigenvalue weighted by Gasteiger charge is -2.23. The monoisotopic (exact) mass is 1010 g/mol. The number of rotatable bonds is 14. The summed E-state index contributed by atoms with van der Waals surface area (Å²) in [6.07, 6.45) is 1.42. The first-order valence-electron chi connectivity index (χ1n) is 24.5. The fraction of sp³-hybridized carbons (Fsp3) is 0.464. The predicted molar refractivity (Wildman–Crippen MR) is 287 cm³/mol. The van der Waals surface area contributed by atoms with Gasteiger partial charge in [-0.15, -0.1) is 0 Å². The summed E-state index contributed by atoms with van der Waals surface area (Å²) in [7, 11) is 0. The van der Waals surface area contributed by atoms with Crippen LogP contribution in [-0.2, 0) is 12.8 Å². The van der Waals surface area contributed by atoms with Crippen LogP contribution in [0, 0.1) is 130 Å². The van der Waals surface area contributed by atoms with E-state index in [2.05, 4.69) is 27.7 Å². The molecule has 73 heavy (non-hydrogen) atoms. The van der Waals surface area contributed by atoms with Crippen molar-refractivity contribution >= 4 is 28.4 Å². The third-order valence-electron chi connectivity index (χ3n) is 13.3. The van der Waals surface area contributed by atoms with E-state index in [0.29, 0.717) is 52.4 Å². The molecule has 0 amide bonds. The van der Waals surface area contributed by atoms with Crippen molar-refractivity contribution in [2.75, 3.05) is 6.79 Å². The number of nitrogens with zero attached hydrogens (tertiary/aromatic N) is 5. The second-order valence-electron chi connectivity index (χ2n) is 20.6. The van der Waals surface area contributed by atoms with Gasteiger partial charge in [-0.1, -0.05) is 62.3 Å². The fourth-order valence-electron chi connectivity index (χ4n) is 8.43. The van der Waals surface area contributed by atoms with Crippen LogP contribution in [0.15, 0.2) is 60.7 Å². The molecule has 1 aliphatic rings. The van der Waals surface area contributed by atoms with Gasteiger partial charge >= 0.3 is 0 Å². The zero-order valence-electron chi connectivity index (χ0n) is 45.5. The first-order valence-corrected chi connectivity index (χ1v) is 24.5. The van der Waals surface area contributed by atoms with Gasteiger partial charge in [-0.25, -0.2) is 0 Å². The van der Waals surface area contributed by atoms with Crippen LogP contribution in [0.4, 0.5) is 28.4 Å². The van der Waals surface area contributed by atoms with Gasteiger partial charge in [0.1, 0.15) is 0 Å². The molecule has 6 rings (SSSR count). The van der Waals surface area contributed by atoms with Gasteiger partial charge < -0.3 is 9.47 Å². The second-order valence-corrected chi connectivity index (χ2v) is 20.6. The molecule has 0 fully saturated rings. The Bertz CT molecular complexity index is 2780. The lowest BCUT2D eigenvalue weighted by Crippen LogP contribution is -2.14. The molecule has 1 atom stereocenters. The van der Waals surface area contributed by atoms with Crippen LogP contribution < -0.4 is 9.47 Å². The molecule has 1 unspecified atom stereocenters. The van der Waals surface area contributed by atoms with E-state index in [4.69, 9.17) is 9.47 Å². The Morgan fingerprint density at radius 2 is 0.671 bits per heavy atom. The van der Waals surface area contributed by atoms with Crippen LogP contribution in [-0.4, -0.2) is 31.4 Å². The number of nitro benzene ring substituents is 5. The smallest absolute Gasteiger partial charge is 0.276 e.